The van der Waals surface area contributed by atoms with Gasteiger partial charge in [-0.2, -0.15) is 0 Å². The normalized spacial score (nSPS) is 22.9. The Hall–Kier alpha value is -1.35. The lowest BCUT2D eigenvalue weighted by atomic mass is 9.83. The maximum absolute atomic E-state index is 13.5. The Morgan fingerprint density at radius 3 is 2.65 bits per heavy atom. The van der Waals surface area contributed by atoms with Crippen molar-refractivity contribution >= 4 is 17.6 Å². The highest BCUT2D eigenvalue weighted by atomic mass is 35.5. The Balaban J connectivity index is 1.90. The molecule has 0 atom stereocenters. The molecule has 1 aromatic carbocycles. The first kappa shape index (κ1) is 15.0. The van der Waals surface area contributed by atoms with Crippen molar-refractivity contribution < 1.29 is 13.9 Å². The molecular formula is C16H18ClFO2. The molecule has 0 N–H and O–H groups in total. The zero-order chi connectivity index (χ0) is 14.5. The summed E-state index contributed by atoms with van der Waals surface area (Å²) >= 11 is 5.69. The highest BCUT2D eigenvalue weighted by Crippen LogP contribution is 2.35. The van der Waals surface area contributed by atoms with E-state index in [0.29, 0.717) is 5.92 Å². The molecule has 0 radical (unpaired) electrons. The first-order chi connectivity index (χ1) is 9.60. The van der Waals surface area contributed by atoms with Crippen LogP contribution in [0, 0.1) is 5.82 Å². The van der Waals surface area contributed by atoms with Gasteiger partial charge < -0.3 is 4.74 Å². The topological polar surface area (TPSA) is 26.3 Å². The third-order valence-electron chi connectivity index (χ3n) is 3.67. The van der Waals surface area contributed by atoms with Crippen LogP contribution in [-0.2, 0) is 9.53 Å². The van der Waals surface area contributed by atoms with Gasteiger partial charge in [-0.15, -0.1) is 0 Å². The van der Waals surface area contributed by atoms with Gasteiger partial charge in [0.15, 0.2) is 0 Å². The lowest BCUT2D eigenvalue weighted by Crippen LogP contribution is -2.23. The minimum absolute atomic E-state index is 0.0212. The summed E-state index contributed by atoms with van der Waals surface area (Å²) in [6, 6.07) is 4.99. The fraction of sp³-hybridized carbons (Fsp3) is 0.438. The van der Waals surface area contributed by atoms with E-state index in [-0.39, 0.29) is 22.9 Å². The van der Waals surface area contributed by atoms with Gasteiger partial charge in [0.05, 0.1) is 5.02 Å². The summed E-state index contributed by atoms with van der Waals surface area (Å²) in [5.41, 5.74) is 0.977. The SMILES string of the molecule is CC=CC(=O)OC1CCC(c2ccc(Cl)c(F)c2)CC1. The van der Waals surface area contributed by atoms with Crippen molar-refractivity contribution in [1.82, 2.24) is 0 Å². The molecule has 0 amide bonds. The second kappa shape index (κ2) is 6.89. The minimum Gasteiger partial charge on any atom is -0.459 e. The van der Waals surface area contributed by atoms with E-state index in [0.717, 1.165) is 31.2 Å². The third kappa shape index (κ3) is 3.83. The molecule has 1 fully saturated rings. The van der Waals surface area contributed by atoms with E-state index in [1.165, 1.54) is 12.1 Å². The van der Waals surface area contributed by atoms with Crippen molar-refractivity contribution in [3.05, 3.63) is 46.8 Å². The van der Waals surface area contributed by atoms with Gasteiger partial charge in [0.2, 0.25) is 0 Å². The number of halogens is 2. The number of benzene rings is 1. The van der Waals surface area contributed by atoms with Crippen molar-refractivity contribution in [2.24, 2.45) is 0 Å². The first-order valence-corrected chi connectivity index (χ1v) is 7.26. The Morgan fingerprint density at radius 1 is 1.35 bits per heavy atom. The summed E-state index contributed by atoms with van der Waals surface area (Å²) in [5, 5.41) is 0.155. The number of rotatable bonds is 3. The fourth-order valence-electron chi connectivity index (χ4n) is 2.62. The summed E-state index contributed by atoms with van der Waals surface area (Å²) in [6.07, 6.45) is 6.51. The van der Waals surface area contributed by atoms with Crippen LogP contribution in [0.15, 0.2) is 30.4 Å². The van der Waals surface area contributed by atoms with E-state index in [9.17, 15) is 9.18 Å². The standard InChI is InChI=1S/C16H18ClFO2/c1-2-3-16(19)20-13-7-4-11(5-8-13)12-6-9-14(17)15(18)10-12/h2-3,6,9-11,13H,4-5,7-8H2,1H3. The molecule has 0 spiro atoms. The number of hydrogen-bond donors (Lipinski definition) is 0. The summed E-state index contributed by atoms with van der Waals surface area (Å²) in [4.78, 5) is 11.4. The Morgan fingerprint density at radius 2 is 2.05 bits per heavy atom. The molecule has 1 saturated carbocycles. The van der Waals surface area contributed by atoms with Crippen LogP contribution in [0.1, 0.15) is 44.1 Å². The molecule has 4 heteroatoms. The molecule has 108 valence electrons. The number of allylic oxidation sites excluding steroid dienone is 1. The van der Waals surface area contributed by atoms with Crippen LogP contribution >= 0.6 is 11.6 Å². The average Bonchev–Trinajstić information content (AvgIpc) is 2.43. The van der Waals surface area contributed by atoms with Gasteiger partial charge >= 0.3 is 5.97 Å². The van der Waals surface area contributed by atoms with Gasteiger partial charge in [0, 0.05) is 6.08 Å². The van der Waals surface area contributed by atoms with Crippen LogP contribution in [0.25, 0.3) is 0 Å². The van der Waals surface area contributed by atoms with Gasteiger partial charge in [0.25, 0.3) is 0 Å². The molecule has 1 aliphatic carbocycles. The number of ether oxygens (including phenoxy) is 1. The molecule has 1 aliphatic rings. The highest BCUT2D eigenvalue weighted by Gasteiger charge is 2.24. The minimum atomic E-state index is -0.370. The van der Waals surface area contributed by atoms with Crippen molar-refractivity contribution in [2.45, 2.75) is 44.6 Å². The maximum Gasteiger partial charge on any atom is 0.330 e. The molecular weight excluding hydrogens is 279 g/mol. The molecule has 0 aliphatic heterocycles. The summed E-state index contributed by atoms with van der Waals surface area (Å²) in [7, 11) is 0. The second-order valence-electron chi connectivity index (χ2n) is 5.08. The van der Waals surface area contributed by atoms with Crippen molar-refractivity contribution in [2.75, 3.05) is 0 Å². The second-order valence-corrected chi connectivity index (χ2v) is 5.49. The predicted molar refractivity (Wildman–Crippen MR) is 77.3 cm³/mol. The van der Waals surface area contributed by atoms with Gasteiger partial charge in [-0.1, -0.05) is 23.7 Å². The molecule has 0 saturated heterocycles. The lowest BCUT2D eigenvalue weighted by Gasteiger charge is -2.28. The molecule has 0 aromatic heterocycles. The average molecular weight is 297 g/mol. The first-order valence-electron chi connectivity index (χ1n) is 6.88. The Kier molecular flexibility index (Phi) is 5.18. The zero-order valence-electron chi connectivity index (χ0n) is 11.4. The van der Waals surface area contributed by atoms with Crippen molar-refractivity contribution in [3.63, 3.8) is 0 Å². The zero-order valence-corrected chi connectivity index (χ0v) is 12.2. The van der Waals surface area contributed by atoms with Gasteiger partial charge in [-0.25, -0.2) is 9.18 Å². The largest absolute Gasteiger partial charge is 0.459 e. The third-order valence-corrected chi connectivity index (χ3v) is 3.98. The number of esters is 1. The van der Waals surface area contributed by atoms with Gasteiger partial charge in [0.1, 0.15) is 11.9 Å². The van der Waals surface area contributed by atoms with Crippen molar-refractivity contribution in [3.8, 4) is 0 Å². The van der Waals surface area contributed by atoms with E-state index < -0.39 is 0 Å². The number of carbonyl (C=O) groups excluding carboxylic acids is 1. The molecule has 1 aromatic rings. The lowest BCUT2D eigenvalue weighted by molar-refractivity contribution is -0.144. The summed E-state index contributed by atoms with van der Waals surface area (Å²) < 4.78 is 18.8. The molecule has 0 bridgehead atoms. The van der Waals surface area contributed by atoms with Crippen LogP contribution in [0.5, 0.6) is 0 Å². The van der Waals surface area contributed by atoms with Gasteiger partial charge in [-0.3, -0.25) is 0 Å². The Bertz CT molecular complexity index is 505. The van der Waals surface area contributed by atoms with Crippen LogP contribution in [-0.4, -0.2) is 12.1 Å². The molecule has 20 heavy (non-hydrogen) atoms. The summed E-state index contributed by atoms with van der Waals surface area (Å²) in [6.45, 7) is 1.78. The van der Waals surface area contributed by atoms with E-state index in [1.54, 1.807) is 19.1 Å². The van der Waals surface area contributed by atoms with Crippen LogP contribution < -0.4 is 0 Å². The molecule has 2 nitrogen and oxygen atoms in total. The van der Waals surface area contributed by atoms with Crippen LogP contribution in [0.3, 0.4) is 0 Å². The predicted octanol–water partition coefficient (Wildman–Crippen LogP) is 4.62. The fourth-order valence-corrected chi connectivity index (χ4v) is 2.74. The van der Waals surface area contributed by atoms with Crippen molar-refractivity contribution in [1.29, 1.82) is 0 Å². The molecule has 2 rings (SSSR count). The molecule has 0 unspecified atom stereocenters. The monoisotopic (exact) mass is 296 g/mol. The highest BCUT2D eigenvalue weighted by molar-refractivity contribution is 6.30. The maximum atomic E-state index is 13.5. The molecule has 0 heterocycles. The quantitative estimate of drug-likeness (QED) is 0.601. The number of hydrogen-bond acceptors (Lipinski definition) is 2. The van der Waals surface area contributed by atoms with Crippen LogP contribution in [0.2, 0.25) is 5.02 Å². The van der Waals surface area contributed by atoms with E-state index in [4.69, 9.17) is 16.3 Å². The van der Waals surface area contributed by atoms with Gasteiger partial charge in [-0.05, 0) is 56.2 Å². The van der Waals surface area contributed by atoms with E-state index in [1.807, 2.05) is 6.07 Å². The smallest absolute Gasteiger partial charge is 0.330 e. The number of carbonyl (C=O) groups is 1. The Labute approximate surface area is 123 Å². The van der Waals surface area contributed by atoms with E-state index >= 15 is 0 Å². The van der Waals surface area contributed by atoms with Crippen LogP contribution in [0.4, 0.5) is 4.39 Å². The van der Waals surface area contributed by atoms with E-state index in [2.05, 4.69) is 0 Å². The summed E-state index contributed by atoms with van der Waals surface area (Å²) in [5.74, 6) is -0.335.